The fourth-order valence-corrected chi connectivity index (χ4v) is 2.96. The minimum atomic E-state index is -4.10. The van der Waals surface area contributed by atoms with E-state index in [1.54, 1.807) is 0 Å². The lowest BCUT2D eigenvalue weighted by atomic mass is 10.2. The quantitative estimate of drug-likeness (QED) is 0.728. The van der Waals surface area contributed by atoms with Crippen LogP contribution in [0.4, 0.5) is 10.1 Å². The first-order valence-corrected chi connectivity index (χ1v) is 8.15. The topological polar surface area (TPSA) is 113 Å². The van der Waals surface area contributed by atoms with Crippen LogP contribution in [0.15, 0.2) is 53.4 Å². The predicted molar refractivity (Wildman–Crippen MR) is 83.6 cm³/mol. The van der Waals surface area contributed by atoms with Gasteiger partial charge in [0.15, 0.2) is 0 Å². The number of rotatable bonds is 6. The van der Waals surface area contributed by atoms with Crippen LogP contribution in [0.3, 0.4) is 0 Å². The molecule has 2 rings (SSSR count). The number of hydrogen-bond donors (Lipinski definition) is 3. The molecule has 0 aliphatic rings. The average Bonchev–Trinajstić information content (AvgIpc) is 2.53. The maximum Gasteiger partial charge on any atom is 0.322 e. The lowest BCUT2D eigenvalue weighted by Gasteiger charge is -2.09. The number of halogens is 1. The van der Waals surface area contributed by atoms with Crippen molar-refractivity contribution in [2.45, 2.75) is 4.90 Å². The maximum absolute atomic E-state index is 13.6. The van der Waals surface area contributed by atoms with Crippen molar-refractivity contribution in [1.82, 2.24) is 5.32 Å². The summed E-state index contributed by atoms with van der Waals surface area (Å²) in [5.41, 5.74) is 0.290. The van der Waals surface area contributed by atoms with Crippen molar-refractivity contribution >= 4 is 27.6 Å². The van der Waals surface area contributed by atoms with Gasteiger partial charge in [-0.3, -0.25) is 14.3 Å². The van der Waals surface area contributed by atoms with Gasteiger partial charge in [0.1, 0.15) is 17.3 Å². The number of anilines is 1. The zero-order valence-corrected chi connectivity index (χ0v) is 13.0. The molecule has 0 aromatic heterocycles. The van der Waals surface area contributed by atoms with E-state index in [-0.39, 0.29) is 11.3 Å². The van der Waals surface area contributed by atoms with Crippen molar-refractivity contribution in [2.75, 3.05) is 11.3 Å². The standard InChI is InChI=1S/C15H13FN2O5S/c16-12-3-1-2-4-13(12)24(22,23)18-11-7-5-10(6-8-11)15(21)17-9-14(19)20/h1-8,18H,9H2,(H,17,21)(H,19,20). The largest absolute Gasteiger partial charge is 0.480 e. The Morgan fingerprint density at radius 1 is 1.04 bits per heavy atom. The second-order valence-electron chi connectivity index (χ2n) is 4.69. The smallest absolute Gasteiger partial charge is 0.322 e. The molecule has 0 heterocycles. The first-order chi connectivity index (χ1) is 11.3. The number of carbonyl (C=O) groups excluding carboxylic acids is 1. The number of benzene rings is 2. The molecule has 9 heteroatoms. The molecule has 0 saturated heterocycles. The van der Waals surface area contributed by atoms with Crippen LogP contribution in [0.2, 0.25) is 0 Å². The van der Waals surface area contributed by atoms with E-state index in [9.17, 15) is 22.4 Å². The fraction of sp³-hybridized carbons (Fsp3) is 0.0667. The van der Waals surface area contributed by atoms with Crippen LogP contribution < -0.4 is 10.0 Å². The molecule has 0 fully saturated rings. The summed E-state index contributed by atoms with van der Waals surface area (Å²) in [4.78, 5) is 21.5. The molecular formula is C15H13FN2O5S. The van der Waals surface area contributed by atoms with Gasteiger partial charge in [0.25, 0.3) is 15.9 Å². The third kappa shape index (κ3) is 4.29. The van der Waals surface area contributed by atoms with E-state index in [4.69, 9.17) is 5.11 Å². The second kappa shape index (κ2) is 7.09. The van der Waals surface area contributed by atoms with Crippen molar-refractivity contribution < 1.29 is 27.5 Å². The van der Waals surface area contributed by atoms with E-state index >= 15 is 0 Å². The minimum absolute atomic E-state index is 0.132. The van der Waals surface area contributed by atoms with Crippen molar-refractivity contribution in [1.29, 1.82) is 0 Å². The Kier molecular flexibility index (Phi) is 5.14. The van der Waals surface area contributed by atoms with Gasteiger partial charge >= 0.3 is 5.97 Å². The van der Waals surface area contributed by atoms with Gasteiger partial charge in [0.2, 0.25) is 0 Å². The monoisotopic (exact) mass is 352 g/mol. The Hall–Kier alpha value is -2.94. The number of nitrogens with one attached hydrogen (secondary N) is 2. The van der Waals surface area contributed by atoms with E-state index in [1.807, 2.05) is 0 Å². The summed E-state index contributed by atoms with van der Waals surface area (Å²) in [5.74, 6) is -2.67. The van der Waals surface area contributed by atoms with E-state index in [2.05, 4.69) is 10.0 Å². The van der Waals surface area contributed by atoms with Crippen molar-refractivity contribution in [2.24, 2.45) is 0 Å². The van der Waals surface area contributed by atoms with Crippen LogP contribution >= 0.6 is 0 Å². The molecule has 7 nitrogen and oxygen atoms in total. The minimum Gasteiger partial charge on any atom is -0.480 e. The van der Waals surface area contributed by atoms with Crippen LogP contribution in [0.25, 0.3) is 0 Å². The first kappa shape index (κ1) is 17.4. The summed E-state index contributed by atoms with van der Waals surface area (Å²) >= 11 is 0. The van der Waals surface area contributed by atoms with Gasteiger partial charge in [-0.15, -0.1) is 0 Å². The fourth-order valence-electron chi connectivity index (χ4n) is 1.82. The number of sulfonamides is 1. The molecule has 3 N–H and O–H groups in total. The molecule has 24 heavy (non-hydrogen) atoms. The van der Waals surface area contributed by atoms with Crippen LogP contribution in [0.5, 0.6) is 0 Å². The van der Waals surface area contributed by atoms with Crippen molar-refractivity contribution in [3.8, 4) is 0 Å². The van der Waals surface area contributed by atoms with Gasteiger partial charge in [-0.2, -0.15) is 0 Å². The number of carboxylic acids is 1. The summed E-state index contributed by atoms with van der Waals surface area (Å²) in [6.07, 6.45) is 0. The van der Waals surface area contributed by atoms with Crippen LogP contribution in [-0.2, 0) is 14.8 Å². The normalized spacial score (nSPS) is 10.9. The summed E-state index contributed by atoms with van der Waals surface area (Å²) in [5, 5.41) is 10.7. The molecule has 0 aliphatic carbocycles. The number of aliphatic carboxylic acids is 1. The maximum atomic E-state index is 13.6. The van der Waals surface area contributed by atoms with Gasteiger partial charge in [0.05, 0.1) is 0 Å². The highest BCUT2D eigenvalue weighted by Crippen LogP contribution is 2.19. The molecule has 0 aliphatic heterocycles. The van der Waals surface area contributed by atoms with Crippen LogP contribution in [0.1, 0.15) is 10.4 Å². The lowest BCUT2D eigenvalue weighted by molar-refractivity contribution is -0.135. The van der Waals surface area contributed by atoms with E-state index in [0.717, 1.165) is 12.1 Å². The SMILES string of the molecule is O=C(O)CNC(=O)c1ccc(NS(=O)(=O)c2ccccc2F)cc1. The molecule has 2 aromatic rings. The molecule has 0 unspecified atom stereocenters. The number of hydrogen-bond acceptors (Lipinski definition) is 4. The van der Waals surface area contributed by atoms with Gasteiger partial charge < -0.3 is 10.4 Å². The molecule has 0 bridgehead atoms. The zero-order valence-electron chi connectivity index (χ0n) is 12.2. The summed E-state index contributed by atoms with van der Waals surface area (Å²) in [7, 11) is -4.10. The molecule has 0 radical (unpaired) electrons. The number of carboxylic acid groups (broad SMARTS) is 1. The average molecular weight is 352 g/mol. The van der Waals surface area contributed by atoms with E-state index < -0.39 is 39.2 Å². The first-order valence-electron chi connectivity index (χ1n) is 6.67. The molecule has 126 valence electrons. The Morgan fingerprint density at radius 2 is 1.67 bits per heavy atom. The Balaban J connectivity index is 2.13. The molecule has 2 aromatic carbocycles. The summed E-state index contributed by atoms with van der Waals surface area (Å²) in [6.45, 7) is -0.527. The third-order valence-corrected chi connectivity index (χ3v) is 4.34. The van der Waals surface area contributed by atoms with Gasteiger partial charge in [-0.1, -0.05) is 12.1 Å². The highest BCUT2D eigenvalue weighted by atomic mass is 32.2. The highest BCUT2D eigenvalue weighted by Gasteiger charge is 2.18. The van der Waals surface area contributed by atoms with Crippen LogP contribution in [-0.4, -0.2) is 31.9 Å². The van der Waals surface area contributed by atoms with Gasteiger partial charge in [-0.25, -0.2) is 12.8 Å². The molecule has 0 spiro atoms. The van der Waals surface area contributed by atoms with Crippen molar-refractivity contribution in [3.05, 3.63) is 59.9 Å². The predicted octanol–water partition coefficient (Wildman–Crippen LogP) is 1.44. The highest BCUT2D eigenvalue weighted by molar-refractivity contribution is 7.92. The lowest BCUT2D eigenvalue weighted by Crippen LogP contribution is -2.29. The Labute approximate surface area is 137 Å². The molecule has 0 atom stereocenters. The zero-order chi connectivity index (χ0) is 17.7. The van der Waals surface area contributed by atoms with E-state index in [1.165, 1.54) is 36.4 Å². The van der Waals surface area contributed by atoms with Gasteiger partial charge in [0, 0.05) is 11.3 Å². The molecular weight excluding hydrogens is 339 g/mol. The molecule has 0 saturated carbocycles. The Morgan fingerprint density at radius 3 is 2.25 bits per heavy atom. The third-order valence-electron chi connectivity index (χ3n) is 2.93. The summed E-state index contributed by atoms with van der Waals surface area (Å²) in [6, 6.07) is 10.2. The van der Waals surface area contributed by atoms with Crippen molar-refractivity contribution in [3.63, 3.8) is 0 Å². The Bertz CT molecular complexity index is 866. The number of amides is 1. The molecule has 1 amide bonds. The number of carbonyl (C=O) groups is 2. The van der Waals surface area contributed by atoms with Crippen LogP contribution in [0, 0.1) is 5.82 Å². The van der Waals surface area contributed by atoms with Gasteiger partial charge in [-0.05, 0) is 36.4 Å². The summed E-state index contributed by atoms with van der Waals surface area (Å²) < 4.78 is 40.0. The van der Waals surface area contributed by atoms with E-state index in [0.29, 0.717) is 0 Å². The second-order valence-corrected chi connectivity index (χ2v) is 6.34.